The number of ketones is 1. The van der Waals surface area contributed by atoms with E-state index >= 15 is 0 Å². The van der Waals surface area contributed by atoms with Crippen LogP contribution in [0.15, 0.2) is 4.90 Å². The van der Waals surface area contributed by atoms with E-state index < -0.39 is 0 Å². The summed E-state index contributed by atoms with van der Waals surface area (Å²) in [4.78, 5) is 13.4. The molecule has 1 saturated carbocycles. The van der Waals surface area contributed by atoms with E-state index in [0.29, 0.717) is 16.6 Å². The molecule has 20 heavy (non-hydrogen) atoms. The molecule has 2 unspecified atom stereocenters. The van der Waals surface area contributed by atoms with Crippen LogP contribution in [0, 0.1) is 5.92 Å². The maximum absolute atomic E-state index is 11.6. The van der Waals surface area contributed by atoms with Crippen LogP contribution in [0.4, 0.5) is 10.7 Å². The fourth-order valence-corrected chi connectivity index (χ4v) is 4.80. The SMILES string of the molecule is CSc1c(NC2CCCC(C)CC2)sc(C(C)=O)c1N. The molecular weight excluding hydrogens is 288 g/mol. The minimum Gasteiger partial charge on any atom is -0.396 e. The van der Waals surface area contributed by atoms with E-state index in [1.807, 2.05) is 6.26 Å². The van der Waals surface area contributed by atoms with Crippen molar-refractivity contribution in [2.45, 2.75) is 56.9 Å². The number of nitrogens with two attached hydrogens (primary N) is 1. The van der Waals surface area contributed by atoms with Crippen molar-refractivity contribution in [1.29, 1.82) is 0 Å². The van der Waals surface area contributed by atoms with Crippen molar-refractivity contribution in [1.82, 2.24) is 0 Å². The highest BCUT2D eigenvalue weighted by Gasteiger charge is 2.22. The van der Waals surface area contributed by atoms with E-state index in [1.165, 1.54) is 43.4 Å². The molecule has 1 fully saturated rings. The number of Topliss-reactive ketones (excluding diaryl/α,β-unsaturated/α-hetero) is 1. The molecule has 0 aliphatic heterocycles. The van der Waals surface area contributed by atoms with Crippen molar-refractivity contribution >= 4 is 39.6 Å². The summed E-state index contributed by atoms with van der Waals surface area (Å²) in [5.41, 5.74) is 6.75. The molecular formula is C15H24N2OS2. The van der Waals surface area contributed by atoms with Crippen molar-refractivity contribution in [3.63, 3.8) is 0 Å². The molecule has 3 N–H and O–H groups in total. The number of hydrogen-bond acceptors (Lipinski definition) is 5. The third-order valence-electron chi connectivity index (χ3n) is 4.02. The molecule has 2 atom stereocenters. The summed E-state index contributed by atoms with van der Waals surface area (Å²) in [5, 5.41) is 4.73. The average molecular weight is 313 g/mol. The maximum atomic E-state index is 11.6. The molecule has 0 bridgehead atoms. The number of nitrogens with one attached hydrogen (secondary N) is 1. The van der Waals surface area contributed by atoms with Gasteiger partial charge in [0.25, 0.3) is 0 Å². The van der Waals surface area contributed by atoms with Crippen LogP contribution in [0.2, 0.25) is 0 Å². The normalized spacial score (nSPS) is 23.4. The lowest BCUT2D eigenvalue weighted by atomic mass is 10.0. The largest absolute Gasteiger partial charge is 0.396 e. The third kappa shape index (κ3) is 3.50. The van der Waals surface area contributed by atoms with Crippen LogP contribution in [0.1, 0.15) is 55.6 Å². The highest BCUT2D eigenvalue weighted by atomic mass is 32.2. The molecule has 1 aliphatic carbocycles. The molecule has 1 aliphatic rings. The van der Waals surface area contributed by atoms with Crippen LogP contribution in [0.25, 0.3) is 0 Å². The topological polar surface area (TPSA) is 55.1 Å². The zero-order chi connectivity index (χ0) is 14.7. The quantitative estimate of drug-likeness (QED) is 0.483. The van der Waals surface area contributed by atoms with E-state index in [1.54, 1.807) is 18.7 Å². The van der Waals surface area contributed by atoms with Gasteiger partial charge < -0.3 is 11.1 Å². The number of thioether (sulfide) groups is 1. The second-order valence-electron chi connectivity index (χ2n) is 5.72. The minimum absolute atomic E-state index is 0.0605. The van der Waals surface area contributed by atoms with Crippen LogP contribution in [-0.2, 0) is 0 Å². The fraction of sp³-hybridized carbons (Fsp3) is 0.667. The van der Waals surface area contributed by atoms with Gasteiger partial charge in [-0.05, 0) is 31.4 Å². The Labute approximate surface area is 129 Å². The summed E-state index contributed by atoms with van der Waals surface area (Å²) >= 11 is 3.14. The Morgan fingerprint density at radius 2 is 2.10 bits per heavy atom. The minimum atomic E-state index is 0.0605. The zero-order valence-electron chi connectivity index (χ0n) is 12.5. The Kier molecular flexibility index (Phi) is 5.38. The van der Waals surface area contributed by atoms with Crippen LogP contribution in [0.3, 0.4) is 0 Å². The summed E-state index contributed by atoms with van der Waals surface area (Å²) in [6.07, 6.45) is 8.34. The number of nitrogen functional groups attached to an aromatic ring is 1. The molecule has 0 radical (unpaired) electrons. The van der Waals surface area contributed by atoms with Gasteiger partial charge in [0.1, 0.15) is 5.00 Å². The van der Waals surface area contributed by atoms with E-state index in [4.69, 9.17) is 5.73 Å². The number of anilines is 2. The van der Waals surface area contributed by atoms with Gasteiger partial charge in [-0.15, -0.1) is 23.1 Å². The first kappa shape index (κ1) is 15.7. The molecule has 5 heteroatoms. The summed E-state index contributed by atoms with van der Waals surface area (Å²) in [7, 11) is 0. The van der Waals surface area contributed by atoms with Gasteiger partial charge in [0.2, 0.25) is 0 Å². The van der Waals surface area contributed by atoms with Crippen molar-refractivity contribution in [3.8, 4) is 0 Å². The fourth-order valence-electron chi connectivity index (χ4n) is 2.80. The van der Waals surface area contributed by atoms with Gasteiger partial charge in [-0.3, -0.25) is 4.79 Å². The van der Waals surface area contributed by atoms with Crippen molar-refractivity contribution < 1.29 is 4.79 Å². The summed E-state index contributed by atoms with van der Waals surface area (Å²) in [6, 6.07) is 0.517. The highest BCUT2D eigenvalue weighted by molar-refractivity contribution is 7.99. The third-order valence-corrected chi connectivity index (χ3v) is 6.22. The first-order valence-electron chi connectivity index (χ1n) is 7.26. The summed E-state index contributed by atoms with van der Waals surface area (Å²) in [5.74, 6) is 0.897. The molecule has 0 aromatic carbocycles. The Morgan fingerprint density at radius 3 is 2.75 bits per heavy atom. The first-order chi connectivity index (χ1) is 9.52. The van der Waals surface area contributed by atoms with Gasteiger partial charge in [-0.1, -0.05) is 19.8 Å². The number of rotatable bonds is 4. The van der Waals surface area contributed by atoms with Crippen molar-refractivity contribution in [2.75, 3.05) is 17.3 Å². The smallest absolute Gasteiger partial charge is 0.171 e. The maximum Gasteiger partial charge on any atom is 0.171 e. The van der Waals surface area contributed by atoms with Gasteiger partial charge in [-0.25, -0.2) is 0 Å². The second-order valence-corrected chi connectivity index (χ2v) is 7.56. The molecule has 0 saturated heterocycles. The molecule has 1 heterocycles. The van der Waals surface area contributed by atoms with Gasteiger partial charge in [0.05, 0.1) is 15.5 Å². The Bertz CT molecular complexity index is 484. The van der Waals surface area contributed by atoms with E-state index in [9.17, 15) is 4.79 Å². The standard InChI is InChI=1S/C15H24N2OS2/c1-9-5-4-6-11(8-7-9)17-15-14(19-3)12(16)13(20-15)10(2)18/h9,11,17H,4-8,16H2,1-3H3. The van der Waals surface area contributed by atoms with Gasteiger partial charge >= 0.3 is 0 Å². The van der Waals surface area contributed by atoms with Crippen LogP contribution in [-0.4, -0.2) is 18.1 Å². The lowest BCUT2D eigenvalue weighted by Crippen LogP contribution is -2.18. The Morgan fingerprint density at radius 1 is 1.35 bits per heavy atom. The zero-order valence-corrected chi connectivity index (χ0v) is 14.1. The highest BCUT2D eigenvalue weighted by Crippen LogP contribution is 2.42. The molecule has 1 aromatic heterocycles. The van der Waals surface area contributed by atoms with Crippen LogP contribution in [0.5, 0.6) is 0 Å². The van der Waals surface area contributed by atoms with Crippen molar-refractivity contribution in [3.05, 3.63) is 4.88 Å². The van der Waals surface area contributed by atoms with E-state index in [2.05, 4.69) is 12.2 Å². The average Bonchev–Trinajstić information content (AvgIpc) is 2.56. The number of thiophene rings is 1. The number of carbonyl (C=O) groups excluding carboxylic acids is 1. The lowest BCUT2D eigenvalue weighted by molar-refractivity contribution is 0.102. The van der Waals surface area contributed by atoms with Gasteiger partial charge in [0, 0.05) is 13.0 Å². The lowest BCUT2D eigenvalue weighted by Gasteiger charge is -2.17. The molecule has 0 amide bonds. The summed E-state index contributed by atoms with van der Waals surface area (Å²) < 4.78 is 0. The molecule has 1 aromatic rings. The monoisotopic (exact) mass is 312 g/mol. The molecule has 112 valence electrons. The number of carbonyl (C=O) groups is 1. The first-order valence-corrected chi connectivity index (χ1v) is 9.30. The predicted octanol–water partition coefficient (Wildman–Crippen LogP) is 4.64. The van der Waals surface area contributed by atoms with Crippen molar-refractivity contribution in [2.24, 2.45) is 5.92 Å². The van der Waals surface area contributed by atoms with E-state index in [0.717, 1.165) is 15.8 Å². The van der Waals surface area contributed by atoms with Gasteiger partial charge in [0.15, 0.2) is 5.78 Å². The Balaban J connectivity index is 2.16. The Hall–Kier alpha value is -0.680. The number of hydrogen-bond donors (Lipinski definition) is 2. The summed E-state index contributed by atoms with van der Waals surface area (Å²) in [6.45, 7) is 3.93. The molecule has 0 spiro atoms. The van der Waals surface area contributed by atoms with Crippen LogP contribution >= 0.6 is 23.1 Å². The molecule has 3 nitrogen and oxygen atoms in total. The van der Waals surface area contributed by atoms with Crippen LogP contribution < -0.4 is 11.1 Å². The van der Waals surface area contributed by atoms with E-state index in [-0.39, 0.29) is 5.78 Å². The van der Waals surface area contributed by atoms with Gasteiger partial charge in [-0.2, -0.15) is 0 Å². The predicted molar refractivity (Wildman–Crippen MR) is 90.2 cm³/mol. The second kappa shape index (κ2) is 6.85. The molecule has 2 rings (SSSR count).